The summed E-state index contributed by atoms with van der Waals surface area (Å²) in [4.78, 5) is 0. The Bertz CT molecular complexity index is 163. The molecule has 0 aromatic heterocycles. The molecule has 0 amide bonds. The first kappa shape index (κ1) is 16.0. The number of unbranched alkanes of at least 4 members (excludes halogenated alkanes) is 1. The first-order valence-electron chi connectivity index (χ1n) is 5.67. The highest BCUT2D eigenvalue weighted by Crippen LogP contribution is 2.17. The van der Waals surface area contributed by atoms with E-state index in [2.05, 4.69) is 6.92 Å². The second kappa shape index (κ2) is 9.09. The van der Waals surface area contributed by atoms with Crippen molar-refractivity contribution >= 4 is 8.80 Å². The average molecular weight is 252 g/mol. The summed E-state index contributed by atoms with van der Waals surface area (Å²) >= 11 is 0. The summed E-state index contributed by atoms with van der Waals surface area (Å²) in [7, 11) is 0.646. The summed E-state index contributed by atoms with van der Waals surface area (Å²) in [5, 5.41) is 17.8. The van der Waals surface area contributed by atoms with E-state index in [1.54, 1.807) is 14.2 Å². The van der Waals surface area contributed by atoms with Gasteiger partial charge in [-0.1, -0.05) is 13.3 Å². The minimum absolute atomic E-state index is 0.243. The molecule has 16 heavy (non-hydrogen) atoms. The quantitative estimate of drug-likeness (QED) is 0.562. The Balaban J connectivity index is 4.00. The second-order valence-corrected chi connectivity index (χ2v) is 6.64. The Morgan fingerprint density at radius 2 is 1.88 bits per heavy atom. The fraction of sp³-hybridized carbons (Fsp3) is 1.00. The predicted molar refractivity (Wildman–Crippen MR) is 63.1 cm³/mol. The SMILES string of the molecule is CCCC[Si](OC)(OC)OCCC(O)CO. The van der Waals surface area contributed by atoms with Gasteiger partial charge in [-0.25, -0.2) is 0 Å². The van der Waals surface area contributed by atoms with Gasteiger partial charge in [-0.15, -0.1) is 0 Å². The van der Waals surface area contributed by atoms with E-state index in [-0.39, 0.29) is 6.61 Å². The molecule has 0 aromatic carbocycles. The van der Waals surface area contributed by atoms with E-state index in [1.807, 2.05) is 0 Å². The van der Waals surface area contributed by atoms with Crippen LogP contribution in [-0.2, 0) is 13.3 Å². The van der Waals surface area contributed by atoms with Crippen molar-refractivity contribution in [3.05, 3.63) is 0 Å². The molecule has 0 fully saturated rings. The first-order chi connectivity index (χ1) is 7.64. The summed E-state index contributed by atoms with van der Waals surface area (Å²) in [5.74, 6) is 0. The number of rotatable bonds is 10. The van der Waals surface area contributed by atoms with Gasteiger partial charge >= 0.3 is 8.80 Å². The van der Waals surface area contributed by atoms with Crippen LogP contribution in [-0.4, -0.2) is 52.6 Å². The van der Waals surface area contributed by atoms with Crippen LogP contribution in [0.1, 0.15) is 26.2 Å². The van der Waals surface area contributed by atoms with Gasteiger partial charge in [0.15, 0.2) is 0 Å². The minimum Gasteiger partial charge on any atom is -0.394 e. The smallest absolute Gasteiger partial charge is 0.394 e. The van der Waals surface area contributed by atoms with Crippen molar-refractivity contribution in [1.82, 2.24) is 0 Å². The molecule has 1 atom stereocenters. The third kappa shape index (κ3) is 5.93. The van der Waals surface area contributed by atoms with Crippen LogP contribution in [0.25, 0.3) is 0 Å². The van der Waals surface area contributed by atoms with E-state index in [0.29, 0.717) is 13.0 Å². The highest BCUT2D eigenvalue weighted by atomic mass is 28.4. The molecule has 0 aliphatic rings. The Morgan fingerprint density at radius 1 is 1.25 bits per heavy atom. The van der Waals surface area contributed by atoms with Gasteiger partial charge in [0.2, 0.25) is 0 Å². The van der Waals surface area contributed by atoms with Crippen molar-refractivity contribution in [2.75, 3.05) is 27.4 Å². The van der Waals surface area contributed by atoms with Crippen LogP contribution in [0.2, 0.25) is 6.04 Å². The summed E-state index contributed by atoms with van der Waals surface area (Å²) in [6, 6.07) is 0.783. The summed E-state index contributed by atoms with van der Waals surface area (Å²) in [6.45, 7) is 2.20. The summed E-state index contributed by atoms with van der Waals surface area (Å²) < 4.78 is 16.3. The standard InChI is InChI=1S/C10H24O5Si/c1-4-5-8-16(13-2,14-3)15-7-6-10(12)9-11/h10-12H,4-9H2,1-3H3. The van der Waals surface area contributed by atoms with E-state index < -0.39 is 14.9 Å². The maximum Gasteiger partial charge on any atom is 0.500 e. The molecule has 0 aliphatic carbocycles. The molecule has 0 rings (SSSR count). The van der Waals surface area contributed by atoms with Gasteiger partial charge in [0.05, 0.1) is 12.7 Å². The number of hydrogen-bond donors (Lipinski definition) is 2. The molecule has 1 unspecified atom stereocenters. The lowest BCUT2D eigenvalue weighted by molar-refractivity contribution is 0.0499. The Hall–Kier alpha value is 0.0169. The van der Waals surface area contributed by atoms with Crippen LogP contribution in [0.4, 0.5) is 0 Å². The van der Waals surface area contributed by atoms with Gasteiger partial charge < -0.3 is 23.5 Å². The Morgan fingerprint density at radius 3 is 2.31 bits per heavy atom. The van der Waals surface area contributed by atoms with E-state index in [9.17, 15) is 5.11 Å². The van der Waals surface area contributed by atoms with Crippen LogP contribution in [0.5, 0.6) is 0 Å². The van der Waals surface area contributed by atoms with E-state index in [4.69, 9.17) is 18.4 Å². The highest BCUT2D eigenvalue weighted by molar-refractivity contribution is 6.60. The fourth-order valence-corrected chi connectivity index (χ4v) is 3.48. The third-order valence-electron chi connectivity index (χ3n) is 2.44. The second-order valence-electron chi connectivity index (χ2n) is 3.67. The third-order valence-corrected chi connectivity index (χ3v) is 5.30. The molecule has 0 saturated carbocycles. The minimum atomic E-state index is -2.54. The molecular formula is C10H24O5Si. The van der Waals surface area contributed by atoms with Crippen molar-refractivity contribution in [3.8, 4) is 0 Å². The molecule has 0 heterocycles. The Kier molecular flexibility index (Phi) is 9.10. The van der Waals surface area contributed by atoms with E-state index in [0.717, 1.165) is 18.9 Å². The van der Waals surface area contributed by atoms with Crippen molar-refractivity contribution in [2.24, 2.45) is 0 Å². The number of aliphatic hydroxyl groups excluding tert-OH is 2. The number of aliphatic hydroxyl groups is 2. The lowest BCUT2D eigenvalue weighted by atomic mass is 10.3. The molecule has 0 aliphatic heterocycles. The van der Waals surface area contributed by atoms with Gasteiger partial charge in [-0.3, -0.25) is 0 Å². The van der Waals surface area contributed by atoms with Crippen LogP contribution >= 0.6 is 0 Å². The van der Waals surface area contributed by atoms with Crippen LogP contribution in [0, 0.1) is 0 Å². The van der Waals surface area contributed by atoms with Gasteiger partial charge in [0.25, 0.3) is 0 Å². The fourth-order valence-electron chi connectivity index (χ4n) is 1.31. The molecule has 98 valence electrons. The Labute approximate surface area is 98.7 Å². The molecule has 6 heteroatoms. The molecular weight excluding hydrogens is 228 g/mol. The molecule has 5 nitrogen and oxygen atoms in total. The van der Waals surface area contributed by atoms with Gasteiger partial charge in [0, 0.05) is 26.9 Å². The molecule has 2 N–H and O–H groups in total. The topological polar surface area (TPSA) is 68.2 Å². The summed E-state index contributed by atoms with van der Waals surface area (Å²) in [6.07, 6.45) is 1.72. The maximum absolute atomic E-state index is 9.18. The van der Waals surface area contributed by atoms with Crippen LogP contribution in [0.3, 0.4) is 0 Å². The highest BCUT2D eigenvalue weighted by Gasteiger charge is 2.38. The van der Waals surface area contributed by atoms with Crippen molar-refractivity contribution < 1.29 is 23.5 Å². The van der Waals surface area contributed by atoms with E-state index >= 15 is 0 Å². The maximum atomic E-state index is 9.18. The largest absolute Gasteiger partial charge is 0.500 e. The predicted octanol–water partition coefficient (Wildman–Crippen LogP) is 0.778. The average Bonchev–Trinajstić information content (AvgIpc) is 2.33. The molecule has 0 radical (unpaired) electrons. The van der Waals surface area contributed by atoms with Gasteiger partial charge in [-0.05, 0) is 12.8 Å². The molecule has 0 spiro atoms. The lowest BCUT2D eigenvalue weighted by Gasteiger charge is -2.26. The zero-order valence-electron chi connectivity index (χ0n) is 10.4. The monoisotopic (exact) mass is 252 g/mol. The first-order valence-corrected chi connectivity index (χ1v) is 7.60. The summed E-state index contributed by atoms with van der Waals surface area (Å²) in [5.41, 5.74) is 0. The van der Waals surface area contributed by atoms with Crippen LogP contribution in [0.15, 0.2) is 0 Å². The zero-order valence-corrected chi connectivity index (χ0v) is 11.4. The van der Waals surface area contributed by atoms with Gasteiger partial charge in [0.1, 0.15) is 0 Å². The normalized spacial score (nSPS) is 14.1. The van der Waals surface area contributed by atoms with Crippen molar-refractivity contribution in [3.63, 3.8) is 0 Å². The van der Waals surface area contributed by atoms with E-state index in [1.165, 1.54) is 0 Å². The van der Waals surface area contributed by atoms with Crippen molar-refractivity contribution in [2.45, 2.75) is 38.3 Å². The zero-order chi connectivity index (χ0) is 12.4. The lowest BCUT2D eigenvalue weighted by Crippen LogP contribution is -2.44. The molecule has 0 bridgehead atoms. The number of hydrogen-bond acceptors (Lipinski definition) is 5. The molecule has 0 saturated heterocycles. The van der Waals surface area contributed by atoms with Gasteiger partial charge in [-0.2, -0.15) is 0 Å². The van der Waals surface area contributed by atoms with Crippen molar-refractivity contribution in [1.29, 1.82) is 0 Å². The van der Waals surface area contributed by atoms with Crippen LogP contribution < -0.4 is 0 Å². The molecule has 0 aromatic rings.